The van der Waals surface area contributed by atoms with E-state index in [4.69, 9.17) is 10.5 Å². The average molecular weight is 240 g/mol. The van der Waals surface area contributed by atoms with Crippen molar-refractivity contribution in [1.29, 1.82) is 0 Å². The fourth-order valence-electron chi connectivity index (χ4n) is 1.92. The number of hydrogen-bond acceptors (Lipinski definition) is 5. The van der Waals surface area contributed by atoms with Crippen LogP contribution in [0.3, 0.4) is 0 Å². The van der Waals surface area contributed by atoms with Gasteiger partial charge in [0.25, 0.3) is 0 Å². The summed E-state index contributed by atoms with van der Waals surface area (Å²) in [7, 11) is 0. The molecule has 3 N–H and O–H groups in total. The van der Waals surface area contributed by atoms with E-state index in [0.29, 0.717) is 23.2 Å². The fraction of sp³-hybridized carbons (Fsp3) is 0.545. The second kappa shape index (κ2) is 4.33. The van der Waals surface area contributed by atoms with Crippen LogP contribution in [0, 0.1) is 0 Å². The van der Waals surface area contributed by atoms with Gasteiger partial charge in [0.2, 0.25) is 0 Å². The van der Waals surface area contributed by atoms with Crippen molar-refractivity contribution in [2.75, 3.05) is 17.7 Å². The van der Waals surface area contributed by atoms with Gasteiger partial charge >= 0.3 is 5.97 Å². The first kappa shape index (κ1) is 11.3. The number of rotatable bonds is 2. The molecule has 0 saturated heterocycles. The van der Waals surface area contributed by atoms with Crippen LogP contribution in [0.4, 0.5) is 10.0 Å². The molecule has 1 aliphatic rings. The summed E-state index contributed by atoms with van der Waals surface area (Å²) in [5.74, 6) is -0.297. The molecule has 0 amide bonds. The van der Waals surface area contributed by atoms with Crippen molar-refractivity contribution >= 4 is 27.3 Å². The molecule has 0 aromatic carbocycles. The highest BCUT2D eigenvalue weighted by Crippen LogP contribution is 2.39. The molecule has 5 heteroatoms. The maximum absolute atomic E-state index is 11.8. The van der Waals surface area contributed by atoms with Gasteiger partial charge in [0.15, 0.2) is 0 Å². The highest BCUT2D eigenvalue weighted by atomic mass is 32.1. The smallest absolute Gasteiger partial charge is 0.341 e. The molecule has 2 rings (SSSR count). The summed E-state index contributed by atoms with van der Waals surface area (Å²) in [4.78, 5) is 11.8. The summed E-state index contributed by atoms with van der Waals surface area (Å²) in [6, 6.07) is 0.445. The highest BCUT2D eigenvalue weighted by molar-refractivity contribution is 7.20. The lowest BCUT2D eigenvalue weighted by Gasteiger charge is -2.21. The number of nitrogen functional groups attached to an aromatic ring is 1. The zero-order valence-electron chi connectivity index (χ0n) is 9.50. The lowest BCUT2D eigenvalue weighted by atomic mass is 10.00. The van der Waals surface area contributed by atoms with Crippen LogP contribution in [0.25, 0.3) is 0 Å². The molecule has 0 radical (unpaired) electrons. The fourth-order valence-corrected chi connectivity index (χ4v) is 3.04. The molecule has 1 aromatic heterocycles. The van der Waals surface area contributed by atoms with Crippen LogP contribution in [-0.4, -0.2) is 18.6 Å². The minimum absolute atomic E-state index is 0.297. The van der Waals surface area contributed by atoms with Crippen molar-refractivity contribution in [2.45, 2.75) is 32.7 Å². The minimum Gasteiger partial charge on any atom is -0.462 e. The van der Waals surface area contributed by atoms with Crippen LogP contribution in [-0.2, 0) is 11.2 Å². The molecular weight excluding hydrogens is 224 g/mol. The number of carbonyl (C=O) groups excluding carboxylic acids is 1. The van der Waals surface area contributed by atoms with Gasteiger partial charge in [-0.3, -0.25) is 0 Å². The van der Waals surface area contributed by atoms with E-state index in [9.17, 15) is 4.79 Å². The number of esters is 1. The van der Waals surface area contributed by atoms with E-state index in [1.807, 2.05) is 0 Å². The minimum atomic E-state index is -0.297. The predicted molar refractivity (Wildman–Crippen MR) is 66.1 cm³/mol. The van der Waals surface area contributed by atoms with Gasteiger partial charge in [0.05, 0.1) is 17.2 Å². The molecule has 16 heavy (non-hydrogen) atoms. The van der Waals surface area contributed by atoms with Gasteiger partial charge in [-0.1, -0.05) is 0 Å². The van der Waals surface area contributed by atoms with Crippen LogP contribution >= 0.6 is 11.3 Å². The first-order chi connectivity index (χ1) is 7.63. The monoisotopic (exact) mass is 240 g/mol. The Morgan fingerprint density at radius 3 is 3.12 bits per heavy atom. The molecule has 1 aromatic rings. The van der Waals surface area contributed by atoms with Crippen molar-refractivity contribution in [1.82, 2.24) is 0 Å². The summed E-state index contributed by atoms with van der Waals surface area (Å²) >= 11 is 1.44. The van der Waals surface area contributed by atoms with Crippen LogP contribution < -0.4 is 11.1 Å². The van der Waals surface area contributed by atoms with Crippen molar-refractivity contribution in [3.05, 3.63) is 11.1 Å². The van der Waals surface area contributed by atoms with Gasteiger partial charge < -0.3 is 15.8 Å². The number of nitrogens with two attached hydrogens (primary N) is 1. The molecule has 88 valence electrons. The van der Waals surface area contributed by atoms with Gasteiger partial charge in [-0.2, -0.15) is 0 Å². The number of carbonyl (C=O) groups is 1. The quantitative estimate of drug-likeness (QED) is 0.778. The van der Waals surface area contributed by atoms with E-state index in [-0.39, 0.29) is 5.97 Å². The molecule has 0 spiro atoms. The zero-order valence-corrected chi connectivity index (χ0v) is 10.3. The molecule has 0 bridgehead atoms. The van der Waals surface area contributed by atoms with Gasteiger partial charge in [0.1, 0.15) is 5.00 Å². The normalized spacial score (nSPS) is 18.8. The van der Waals surface area contributed by atoms with E-state index >= 15 is 0 Å². The van der Waals surface area contributed by atoms with E-state index in [2.05, 4.69) is 12.2 Å². The van der Waals surface area contributed by atoms with E-state index in [1.165, 1.54) is 11.3 Å². The Hall–Kier alpha value is -1.23. The SMILES string of the molecule is CCOC(=O)c1c(N)sc2c1CCC(C)N2. The largest absolute Gasteiger partial charge is 0.462 e. The summed E-state index contributed by atoms with van der Waals surface area (Å²) in [6.45, 7) is 4.31. The van der Waals surface area contributed by atoms with E-state index < -0.39 is 0 Å². The lowest BCUT2D eigenvalue weighted by Crippen LogP contribution is -2.21. The molecule has 2 heterocycles. The average Bonchev–Trinajstić information content (AvgIpc) is 2.53. The van der Waals surface area contributed by atoms with Gasteiger partial charge in [-0.15, -0.1) is 11.3 Å². The molecule has 0 aliphatic carbocycles. The molecule has 1 aliphatic heterocycles. The summed E-state index contributed by atoms with van der Waals surface area (Å²) in [6.07, 6.45) is 1.92. The lowest BCUT2D eigenvalue weighted by molar-refractivity contribution is 0.0527. The third-order valence-electron chi connectivity index (χ3n) is 2.72. The van der Waals surface area contributed by atoms with Crippen LogP contribution in [0.5, 0.6) is 0 Å². The van der Waals surface area contributed by atoms with Crippen molar-refractivity contribution < 1.29 is 9.53 Å². The van der Waals surface area contributed by atoms with Crippen LogP contribution in [0.1, 0.15) is 36.2 Å². The van der Waals surface area contributed by atoms with Crippen molar-refractivity contribution in [2.24, 2.45) is 0 Å². The van der Waals surface area contributed by atoms with Crippen molar-refractivity contribution in [3.8, 4) is 0 Å². The number of fused-ring (bicyclic) bond motifs is 1. The second-order valence-electron chi connectivity index (χ2n) is 3.95. The maximum atomic E-state index is 11.8. The molecule has 1 atom stereocenters. The highest BCUT2D eigenvalue weighted by Gasteiger charge is 2.26. The Morgan fingerprint density at radius 1 is 1.69 bits per heavy atom. The standard InChI is InChI=1S/C11H16N2O2S/c1-3-15-11(14)8-7-5-4-6(2)13-10(7)16-9(8)12/h6,13H,3-5,12H2,1-2H3. The van der Waals surface area contributed by atoms with Crippen LogP contribution in [0.2, 0.25) is 0 Å². The predicted octanol–water partition coefficient (Wildman–Crippen LogP) is 2.25. The Morgan fingerprint density at radius 2 is 2.44 bits per heavy atom. The molecule has 4 nitrogen and oxygen atoms in total. The Kier molecular flexibility index (Phi) is 3.05. The maximum Gasteiger partial charge on any atom is 0.341 e. The van der Waals surface area contributed by atoms with Crippen molar-refractivity contribution in [3.63, 3.8) is 0 Å². The Labute approximate surface area is 98.8 Å². The number of ether oxygens (including phenoxy) is 1. The topological polar surface area (TPSA) is 64.3 Å². The molecule has 0 saturated carbocycles. The Bertz CT molecular complexity index is 414. The summed E-state index contributed by atoms with van der Waals surface area (Å²) in [5, 5.41) is 4.94. The third kappa shape index (κ3) is 1.87. The molecule has 0 fully saturated rings. The van der Waals surface area contributed by atoms with Gasteiger partial charge in [0, 0.05) is 11.6 Å². The number of thiophene rings is 1. The number of nitrogens with one attached hydrogen (secondary N) is 1. The molecular formula is C11H16N2O2S. The van der Waals surface area contributed by atoms with E-state index in [0.717, 1.165) is 23.4 Å². The van der Waals surface area contributed by atoms with Gasteiger partial charge in [-0.05, 0) is 26.7 Å². The third-order valence-corrected chi connectivity index (χ3v) is 3.71. The Balaban J connectivity index is 2.35. The zero-order chi connectivity index (χ0) is 11.7. The number of anilines is 2. The number of hydrogen-bond donors (Lipinski definition) is 2. The first-order valence-corrected chi connectivity index (χ1v) is 6.30. The van der Waals surface area contributed by atoms with E-state index in [1.54, 1.807) is 6.92 Å². The van der Waals surface area contributed by atoms with Crippen LogP contribution in [0.15, 0.2) is 0 Å². The summed E-state index contributed by atoms with van der Waals surface area (Å²) in [5.41, 5.74) is 7.47. The summed E-state index contributed by atoms with van der Waals surface area (Å²) < 4.78 is 5.02. The first-order valence-electron chi connectivity index (χ1n) is 5.48. The molecule has 1 unspecified atom stereocenters. The van der Waals surface area contributed by atoms with Gasteiger partial charge in [-0.25, -0.2) is 4.79 Å². The second-order valence-corrected chi connectivity index (χ2v) is 5.01.